The highest BCUT2D eigenvalue weighted by atomic mass is 16.5. The monoisotopic (exact) mass is 270 g/mol. The highest BCUT2D eigenvalue weighted by Crippen LogP contribution is 2.31. The van der Waals surface area contributed by atoms with Crippen LogP contribution < -0.4 is 9.47 Å². The molecular weight excluding hydrogens is 252 g/mol. The normalized spacial score (nSPS) is 11.9. The molecule has 0 bridgehead atoms. The van der Waals surface area contributed by atoms with Gasteiger partial charge in [-0.1, -0.05) is 6.07 Å². The maximum atomic E-state index is 11.1. The SMILES string of the molecule is CCOc1cccc(C(=O)O)c1OCC(O)COC. The summed E-state index contributed by atoms with van der Waals surface area (Å²) < 4.78 is 15.4. The maximum Gasteiger partial charge on any atom is 0.339 e. The Hall–Kier alpha value is -1.79. The van der Waals surface area contributed by atoms with Crippen LogP contribution in [0.1, 0.15) is 17.3 Å². The van der Waals surface area contributed by atoms with E-state index in [1.807, 2.05) is 0 Å². The number of benzene rings is 1. The van der Waals surface area contributed by atoms with E-state index in [0.717, 1.165) is 0 Å². The lowest BCUT2D eigenvalue weighted by Gasteiger charge is -2.16. The molecule has 0 saturated carbocycles. The standard InChI is InChI=1S/C13H18O6/c1-3-18-11-6-4-5-10(13(15)16)12(11)19-8-9(14)7-17-2/h4-6,9,14H,3,7-8H2,1-2H3,(H,15,16). The zero-order valence-corrected chi connectivity index (χ0v) is 11.0. The molecule has 106 valence electrons. The lowest BCUT2D eigenvalue weighted by atomic mass is 10.2. The zero-order chi connectivity index (χ0) is 14.3. The Kier molecular flexibility index (Phi) is 6.11. The summed E-state index contributed by atoms with van der Waals surface area (Å²) in [6.45, 7) is 2.22. The lowest BCUT2D eigenvalue weighted by molar-refractivity contribution is 0.0311. The van der Waals surface area contributed by atoms with Crippen molar-refractivity contribution in [2.24, 2.45) is 0 Å². The van der Waals surface area contributed by atoms with Crippen LogP contribution in [0.25, 0.3) is 0 Å². The van der Waals surface area contributed by atoms with E-state index in [4.69, 9.17) is 19.3 Å². The molecule has 1 unspecified atom stereocenters. The van der Waals surface area contributed by atoms with Gasteiger partial charge in [0.15, 0.2) is 11.5 Å². The van der Waals surface area contributed by atoms with Crippen molar-refractivity contribution in [1.29, 1.82) is 0 Å². The first kappa shape index (κ1) is 15.3. The summed E-state index contributed by atoms with van der Waals surface area (Å²) in [5, 5.41) is 18.6. The lowest BCUT2D eigenvalue weighted by Crippen LogP contribution is -2.23. The molecule has 2 N–H and O–H groups in total. The van der Waals surface area contributed by atoms with E-state index >= 15 is 0 Å². The predicted octanol–water partition coefficient (Wildman–Crippen LogP) is 1.17. The Morgan fingerprint density at radius 1 is 1.32 bits per heavy atom. The largest absolute Gasteiger partial charge is 0.490 e. The van der Waals surface area contributed by atoms with Crippen molar-refractivity contribution in [2.45, 2.75) is 13.0 Å². The first-order valence-corrected chi connectivity index (χ1v) is 5.89. The van der Waals surface area contributed by atoms with E-state index in [2.05, 4.69) is 0 Å². The van der Waals surface area contributed by atoms with Crippen molar-refractivity contribution in [3.63, 3.8) is 0 Å². The fraction of sp³-hybridized carbons (Fsp3) is 0.462. The molecule has 0 fully saturated rings. The number of carboxylic acid groups (broad SMARTS) is 1. The van der Waals surface area contributed by atoms with Crippen molar-refractivity contribution in [3.8, 4) is 11.5 Å². The van der Waals surface area contributed by atoms with E-state index in [1.165, 1.54) is 13.2 Å². The van der Waals surface area contributed by atoms with Crippen molar-refractivity contribution in [3.05, 3.63) is 23.8 Å². The Labute approximate surface area is 111 Å². The number of aliphatic hydroxyl groups excluding tert-OH is 1. The van der Waals surface area contributed by atoms with Crippen LogP contribution in [0.15, 0.2) is 18.2 Å². The van der Waals surface area contributed by atoms with Crippen LogP contribution in [0.5, 0.6) is 11.5 Å². The van der Waals surface area contributed by atoms with Crippen LogP contribution >= 0.6 is 0 Å². The summed E-state index contributed by atoms with van der Waals surface area (Å²) >= 11 is 0. The van der Waals surface area contributed by atoms with E-state index in [0.29, 0.717) is 12.4 Å². The molecule has 6 nitrogen and oxygen atoms in total. The van der Waals surface area contributed by atoms with Crippen LogP contribution in [0.2, 0.25) is 0 Å². The third kappa shape index (κ3) is 4.42. The number of methoxy groups -OCH3 is 1. The first-order valence-electron chi connectivity index (χ1n) is 5.89. The minimum absolute atomic E-state index is 0.00410. The molecule has 0 saturated heterocycles. The van der Waals surface area contributed by atoms with Gasteiger partial charge in [-0.05, 0) is 19.1 Å². The Bertz CT molecular complexity index is 418. The molecule has 0 aliphatic heterocycles. The van der Waals surface area contributed by atoms with Crippen molar-refractivity contribution >= 4 is 5.97 Å². The summed E-state index contributed by atoms with van der Waals surface area (Å²) in [5.74, 6) is -0.656. The Morgan fingerprint density at radius 3 is 2.63 bits per heavy atom. The number of carboxylic acids is 1. The van der Waals surface area contributed by atoms with Gasteiger partial charge in [0.1, 0.15) is 18.3 Å². The fourth-order valence-electron chi connectivity index (χ4n) is 1.52. The number of ether oxygens (including phenoxy) is 3. The summed E-state index contributed by atoms with van der Waals surface area (Å²) in [6, 6.07) is 4.61. The average molecular weight is 270 g/mol. The van der Waals surface area contributed by atoms with Gasteiger partial charge < -0.3 is 24.4 Å². The van der Waals surface area contributed by atoms with Gasteiger partial charge >= 0.3 is 5.97 Å². The molecule has 6 heteroatoms. The van der Waals surface area contributed by atoms with Gasteiger partial charge in [0.05, 0.1) is 13.2 Å². The Balaban J connectivity index is 2.90. The van der Waals surface area contributed by atoms with Gasteiger partial charge in [-0.25, -0.2) is 4.79 Å². The molecular formula is C13H18O6. The second-order valence-electron chi connectivity index (χ2n) is 3.79. The van der Waals surface area contributed by atoms with Gasteiger partial charge in [0.2, 0.25) is 0 Å². The third-order valence-corrected chi connectivity index (χ3v) is 2.29. The number of para-hydroxylation sites is 1. The quantitative estimate of drug-likeness (QED) is 0.737. The molecule has 0 aromatic heterocycles. The van der Waals surface area contributed by atoms with Crippen LogP contribution in [-0.2, 0) is 4.74 Å². The maximum absolute atomic E-state index is 11.1. The van der Waals surface area contributed by atoms with Gasteiger partial charge in [-0.15, -0.1) is 0 Å². The van der Waals surface area contributed by atoms with Crippen molar-refractivity contribution in [2.75, 3.05) is 26.9 Å². The fourth-order valence-corrected chi connectivity index (χ4v) is 1.52. The second-order valence-corrected chi connectivity index (χ2v) is 3.79. The van der Waals surface area contributed by atoms with Crippen molar-refractivity contribution < 1.29 is 29.2 Å². The summed E-state index contributed by atoms with van der Waals surface area (Å²) in [5.41, 5.74) is -0.00410. The molecule has 0 amide bonds. The van der Waals surface area contributed by atoms with Crippen LogP contribution in [0.3, 0.4) is 0 Å². The summed E-state index contributed by atoms with van der Waals surface area (Å²) in [7, 11) is 1.46. The van der Waals surface area contributed by atoms with Gasteiger partial charge in [-0.3, -0.25) is 0 Å². The van der Waals surface area contributed by atoms with E-state index in [1.54, 1.807) is 19.1 Å². The predicted molar refractivity (Wildman–Crippen MR) is 67.9 cm³/mol. The second kappa shape index (κ2) is 7.60. The van der Waals surface area contributed by atoms with Crippen LogP contribution in [0, 0.1) is 0 Å². The minimum atomic E-state index is -1.11. The minimum Gasteiger partial charge on any atom is -0.490 e. The number of hydrogen-bond donors (Lipinski definition) is 2. The van der Waals surface area contributed by atoms with E-state index in [-0.39, 0.29) is 24.5 Å². The number of rotatable bonds is 8. The zero-order valence-electron chi connectivity index (χ0n) is 11.0. The summed E-state index contributed by atoms with van der Waals surface area (Å²) in [6.07, 6.45) is -0.832. The van der Waals surface area contributed by atoms with Gasteiger partial charge in [0.25, 0.3) is 0 Å². The van der Waals surface area contributed by atoms with Crippen LogP contribution in [-0.4, -0.2) is 49.2 Å². The van der Waals surface area contributed by atoms with Gasteiger partial charge in [-0.2, -0.15) is 0 Å². The van der Waals surface area contributed by atoms with Crippen molar-refractivity contribution in [1.82, 2.24) is 0 Å². The Morgan fingerprint density at radius 2 is 2.05 bits per heavy atom. The summed E-state index contributed by atoms with van der Waals surface area (Å²) in [4.78, 5) is 11.1. The molecule has 19 heavy (non-hydrogen) atoms. The third-order valence-electron chi connectivity index (χ3n) is 2.29. The molecule has 1 aromatic carbocycles. The average Bonchev–Trinajstić information content (AvgIpc) is 2.37. The van der Waals surface area contributed by atoms with E-state index in [9.17, 15) is 9.90 Å². The number of carbonyl (C=O) groups is 1. The topological polar surface area (TPSA) is 85.2 Å². The molecule has 1 atom stereocenters. The molecule has 1 rings (SSSR count). The molecule has 0 aliphatic rings. The number of aliphatic hydroxyl groups is 1. The molecule has 0 aliphatic carbocycles. The first-order chi connectivity index (χ1) is 9.10. The highest BCUT2D eigenvalue weighted by molar-refractivity contribution is 5.92. The molecule has 0 heterocycles. The molecule has 0 radical (unpaired) electrons. The molecule has 1 aromatic rings. The highest BCUT2D eigenvalue weighted by Gasteiger charge is 2.17. The van der Waals surface area contributed by atoms with Gasteiger partial charge in [0, 0.05) is 7.11 Å². The number of aromatic carboxylic acids is 1. The number of hydrogen-bond acceptors (Lipinski definition) is 5. The molecule has 0 spiro atoms. The van der Waals surface area contributed by atoms with E-state index < -0.39 is 12.1 Å². The smallest absolute Gasteiger partial charge is 0.339 e. The van der Waals surface area contributed by atoms with Crippen LogP contribution in [0.4, 0.5) is 0 Å².